The Kier molecular flexibility index (Phi) is 3.56. The molecule has 102 valence electrons. The molecule has 0 saturated carbocycles. The normalized spacial score (nSPS) is 10.8. The van der Waals surface area contributed by atoms with Crippen molar-refractivity contribution < 1.29 is 4.52 Å². The quantitative estimate of drug-likeness (QED) is 0.741. The van der Waals surface area contributed by atoms with Crippen molar-refractivity contribution in [1.29, 1.82) is 0 Å². The molecule has 0 spiro atoms. The topological polar surface area (TPSA) is 79.6 Å². The predicted molar refractivity (Wildman–Crippen MR) is 73.6 cm³/mol. The highest BCUT2D eigenvalue weighted by atomic mass is 16.5. The molecule has 0 saturated heterocycles. The molecule has 3 rings (SSSR count). The van der Waals surface area contributed by atoms with Crippen LogP contribution in [-0.2, 0) is 13.1 Å². The summed E-state index contributed by atoms with van der Waals surface area (Å²) < 4.78 is 5.05. The first-order valence-corrected chi connectivity index (χ1v) is 6.40. The van der Waals surface area contributed by atoms with Gasteiger partial charge in [-0.05, 0) is 12.5 Å². The molecule has 0 aliphatic heterocycles. The number of hydrogen-bond donors (Lipinski definition) is 2. The lowest BCUT2D eigenvalue weighted by molar-refractivity contribution is 0.364. The van der Waals surface area contributed by atoms with Crippen LogP contribution in [0.1, 0.15) is 17.3 Å². The zero-order chi connectivity index (χ0) is 13.8. The fourth-order valence-electron chi connectivity index (χ4n) is 2.02. The van der Waals surface area contributed by atoms with Crippen LogP contribution in [0.3, 0.4) is 0 Å². The van der Waals surface area contributed by atoms with E-state index in [0.29, 0.717) is 24.8 Å². The number of aryl methyl sites for hydroxylation is 1. The molecule has 0 unspecified atom stereocenters. The second kappa shape index (κ2) is 5.66. The molecule has 1 aromatic carbocycles. The average molecular weight is 269 g/mol. The van der Waals surface area contributed by atoms with Gasteiger partial charge in [0.1, 0.15) is 0 Å². The van der Waals surface area contributed by atoms with E-state index in [0.717, 1.165) is 16.8 Å². The maximum Gasteiger partial charge on any atom is 0.240 e. The maximum atomic E-state index is 5.05. The van der Waals surface area contributed by atoms with E-state index < -0.39 is 0 Å². The van der Waals surface area contributed by atoms with Crippen LogP contribution >= 0.6 is 0 Å². The molecule has 2 heterocycles. The molecule has 0 fully saturated rings. The third-order valence-corrected chi connectivity index (χ3v) is 2.94. The lowest BCUT2D eigenvalue weighted by Crippen LogP contribution is -2.13. The highest BCUT2D eigenvalue weighted by Crippen LogP contribution is 2.20. The Labute approximate surface area is 116 Å². The van der Waals surface area contributed by atoms with Crippen molar-refractivity contribution in [3.05, 3.63) is 53.8 Å². The minimum atomic E-state index is 0.542. The average Bonchev–Trinajstić information content (AvgIpc) is 3.09. The van der Waals surface area contributed by atoms with Gasteiger partial charge in [0.25, 0.3) is 0 Å². The summed E-state index contributed by atoms with van der Waals surface area (Å²) >= 11 is 0. The zero-order valence-electron chi connectivity index (χ0n) is 11.1. The Morgan fingerprint density at radius 2 is 2.05 bits per heavy atom. The second-order valence-corrected chi connectivity index (χ2v) is 4.48. The summed E-state index contributed by atoms with van der Waals surface area (Å²) in [5.74, 6) is 1.24. The fraction of sp³-hybridized carbons (Fsp3) is 0.214. The zero-order valence-corrected chi connectivity index (χ0v) is 11.1. The van der Waals surface area contributed by atoms with Crippen molar-refractivity contribution in [3.8, 4) is 11.3 Å². The molecule has 2 aromatic heterocycles. The first-order chi connectivity index (χ1) is 9.83. The van der Waals surface area contributed by atoms with Crippen LogP contribution in [0.25, 0.3) is 11.3 Å². The maximum absolute atomic E-state index is 5.05. The molecule has 3 aromatic rings. The second-order valence-electron chi connectivity index (χ2n) is 4.48. The highest BCUT2D eigenvalue weighted by Gasteiger charge is 2.08. The van der Waals surface area contributed by atoms with E-state index in [2.05, 4.69) is 37.8 Å². The van der Waals surface area contributed by atoms with Gasteiger partial charge in [-0.15, -0.1) is 0 Å². The van der Waals surface area contributed by atoms with Gasteiger partial charge in [0, 0.05) is 12.1 Å². The number of aromatic amines is 1. The van der Waals surface area contributed by atoms with Crippen LogP contribution in [0, 0.1) is 6.92 Å². The minimum Gasteiger partial charge on any atom is -0.338 e. The lowest BCUT2D eigenvalue weighted by atomic mass is 10.1. The number of aromatic nitrogens is 4. The summed E-state index contributed by atoms with van der Waals surface area (Å²) in [5.41, 5.74) is 3.25. The van der Waals surface area contributed by atoms with Crippen LogP contribution in [0.4, 0.5) is 0 Å². The van der Waals surface area contributed by atoms with Gasteiger partial charge in [0.2, 0.25) is 5.89 Å². The van der Waals surface area contributed by atoms with E-state index in [1.807, 2.05) is 24.4 Å². The number of H-pyrrole nitrogens is 1. The first-order valence-electron chi connectivity index (χ1n) is 6.40. The van der Waals surface area contributed by atoms with Crippen LogP contribution in [0.2, 0.25) is 0 Å². The Morgan fingerprint density at radius 3 is 2.80 bits per heavy atom. The van der Waals surface area contributed by atoms with Crippen molar-refractivity contribution in [3.63, 3.8) is 0 Å². The van der Waals surface area contributed by atoms with Gasteiger partial charge in [-0.1, -0.05) is 35.5 Å². The third kappa shape index (κ3) is 2.75. The van der Waals surface area contributed by atoms with Gasteiger partial charge in [-0.2, -0.15) is 10.1 Å². The van der Waals surface area contributed by atoms with E-state index in [9.17, 15) is 0 Å². The van der Waals surface area contributed by atoms with Crippen molar-refractivity contribution >= 4 is 0 Å². The summed E-state index contributed by atoms with van der Waals surface area (Å²) in [6.07, 6.45) is 1.83. The molecular weight excluding hydrogens is 254 g/mol. The summed E-state index contributed by atoms with van der Waals surface area (Å²) in [7, 11) is 0. The van der Waals surface area contributed by atoms with Crippen molar-refractivity contribution in [2.45, 2.75) is 20.0 Å². The third-order valence-electron chi connectivity index (χ3n) is 2.94. The Hall–Kier alpha value is -2.47. The molecular formula is C14H15N5O. The Morgan fingerprint density at radius 1 is 1.20 bits per heavy atom. The molecule has 0 aliphatic rings. The number of benzene rings is 1. The summed E-state index contributed by atoms with van der Waals surface area (Å²) in [4.78, 5) is 4.15. The minimum absolute atomic E-state index is 0.542. The van der Waals surface area contributed by atoms with Gasteiger partial charge in [-0.25, -0.2) is 0 Å². The molecule has 2 N–H and O–H groups in total. The molecule has 0 amide bonds. The van der Waals surface area contributed by atoms with Crippen LogP contribution < -0.4 is 5.32 Å². The van der Waals surface area contributed by atoms with Crippen molar-refractivity contribution in [1.82, 2.24) is 25.7 Å². The van der Waals surface area contributed by atoms with Gasteiger partial charge >= 0.3 is 0 Å². The molecule has 20 heavy (non-hydrogen) atoms. The summed E-state index contributed by atoms with van der Waals surface area (Å²) in [5, 5.41) is 14.2. The molecule has 6 heteroatoms. The highest BCUT2D eigenvalue weighted by molar-refractivity contribution is 5.62. The van der Waals surface area contributed by atoms with E-state index >= 15 is 0 Å². The van der Waals surface area contributed by atoms with Gasteiger partial charge in [0.05, 0.1) is 18.4 Å². The monoisotopic (exact) mass is 269 g/mol. The van der Waals surface area contributed by atoms with Gasteiger partial charge in [-0.3, -0.25) is 5.10 Å². The van der Waals surface area contributed by atoms with E-state index in [1.54, 1.807) is 6.92 Å². The Bertz CT molecular complexity index is 674. The molecule has 6 nitrogen and oxygen atoms in total. The summed E-state index contributed by atoms with van der Waals surface area (Å²) in [6.45, 7) is 3.03. The van der Waals surface area contributed by atoms with Crippen molar-refractivity contribution in [2.24, 2.45) is 0 Å². The lowest BCUT2D eigenvalue weighted by Gasteiger charge is -2.03. The fourth-order valence-corrected chi connectivity index (χ4v) is 2.02. The van der Waals surface area contributed by atoms with E-state index in [1.165, 1.54) is 0 Å². The summed E-state index contributed by atoms with van der Waals surface area (Å²) in [6, 6.07) is 10.1. The smallest absolute Gasteiger partial charge is 0.240 e. The standard InChI is InChI=1S/C14H15N5O/c1-10-17-13(20-19-10)9-15-7-12-8-16-18-14(12)11-5-3-2-4-6-11/h2-6,8,15H,7,9H2,1H3,(H,16,18). The van der Waals surface area contributed by atoms with E-state index in [4.69, 9.17) is 4.52 Å². The predicted octanol–water partition coefficient (Wildman–Crippen LogP) is 2.06. The number of hydrogen-bond acceptors (Lipinski definition) is 5. The SMILES string of the molecule is Cc1noc(CNCc2cn[nH]c2-c2ccccc2)n1. The number of nitrogens with zero attached hydrogens (tertiary/aromatic N) is 3. The molecule has 0 radical (unpaired) electrons. The van der Waals surface area contributed by atoms with E-state index in [-0.39, 0.29) is 0 Å². The number of rotatable bonds is 5. The van der Waals surface area contributed by atoms with Crippen LogP contribution in [0.5, 0.6) is 0 Å². The number of nitrogens with one attached hydrogen (secondary N) is 2. The van der Waals surface area contributed by atoms with Crippen LogP contribution in [-0.4, -0.2) is 20.3 Å². The first kappa shape index (κ1) is 12.6. The van der Waals surface area contributed by atoms with Gasteiger partial charge < -0.3 is 9.84 Å². The Balaban J connectivity index is 1.65. The molecule has 0 aliphatic carbocycles. The molecule has 0 bridgehead atoms. The largest absolute Gasteiger partial charge is 0.338 e. The van der Waals surface area contributed by atoms with Gasteiger partial charge in [0.15, 0.2) is 5.82 Å². The van der Waals surface area contributed by atoms with Crippen molar-refractivity contribution in [2.75, 3.05) is 0 Å². The molecule has 0 atom stereocenters. The van der Waals surface area contributed by atoms with Crippen LogP contribution in [0.15, 0.2) is 41.1 Å².